The van der Waals surface area contributed by atoms with Crippen LogP contribution in [-0.2, 0) is 9.84 Å². The summed E-state index contributed by atoms with van der Waals surface area (Å²) in [4.78, 5) is 0.0110. The Morgan fingerprint density at radius 3 is 2.25 bits per heavy atom. The van der Waals surface area contributed by atoms with E-state index in [-0.39, 0.29) is 22.3 Å². The maximum Gasteiger partial charge on any atom is 0.179 e. The maximum atomic E-state index is 11.5. The third-order valence-electron chi connectivity index (χ3n) is 2.33. The summed E-state index contributed by atoms with van der Waals surface area (Å²) in [7, 11) is -1.99. The van der Waals surface area contributed by atoms with Crippen LogP contribution in [0.3, 0.4) is 0 Å². The van der Waals surface area contributed by atoms with Crippen molar-refractivity contribution in [3.05, 3.63) is 17.7 Å². The SMILES string of the molecule is COc1cc(C(C)C)c(O)cc1S(C)(=O)=O. The average molecular weight is 244 g/mol. The summed E-state index contributed by atoms with van der Waals surface area (Å²) in [5, 5.41) is 9.73. The number of benzene rings is 1. The molecule has 0 spiro atoms. The molecule has 0 aliphatic rings. The van der Waals surface area contributed by atoms with Crippen molar-refractivity contribution < 1.29 is 18.3 Å². The summed E-state index contributed by atoms with van der Waals surface area (Å²) in [5.41, 5.74) is 0.671. The summed E-state index contributed by atoms with van der Waals surface area (Å²) in [6.45, 7) is 3.82. The van der Waals surface area contributed by atoms with Crippen LogP contribution in [0.4, 0.5) is 0 Å². The van der Waals surface area contributed by atoms with Crippen LogP contribution < -0.4 is 4.74 Å². The zero-order chi connectivity index (χ0) is 12.5. The van der Waals surface area contributed by atoms with Gasteiger partial charge in [-0.3, -0.25) is 0 Å². The van der Waals surface area contributed by atoms with E-state index < -0.39 is 9.84 Å². The number of aromatic hydroxyl groups is 1. The second-order valence-electron chi connectivity index (χ2n) is 3.99. The van der Waals surface area contributed by atoms with Crippen LogP contribution in [0.2, 0.25) is 0 Å². The van der Waals surface area contributed by atoms with Gasteiger partial charge in [-0.2, -0.15) is 0 Å². The Morgan fingerprint density at radius 1 is 1.31 bits per heavy atom. The molecule has 0 saturated heterocycles. The van der Waals surface area contributed by atoms with Crippen LogP contribution in [0.5, 0.6) is 11.5 Å². The monoisotopic (exact) mass is 244 g/mol. The molecule has 1 aromatic rings. The molecule has 0 heterocycles. The molecular formula is C11H16O4S. The van der Waals surface area contributed by atoms with Gasteiger partial charge >= 0.3 is 0 Å². The fourth-order valence-electron chi connectivity index (χ4n) is 1.48. The van der Waals surface area contributed by atoms with Gasteiger partial charge in [0.05, 0.1) is 7.11 Å². The van der Waals surface area contributed by atoms with Crippen molar-refractivity contribution in [3.63, 3.8) is 0 Å². The first-order chi connectivity index (χ1) is 7.27. The second-order valence-corrected chi connectivity index (χ2v) is 5.97. The van der Waals surface area contributed by atoms with Crippen molar-refractivity contribution in [2.24, 2.45) is 0 Å². The van der Waals surface area contributed by atoms with E-state index >= 15 is 0 Å². The first-order valence-electron chi connectivity index (χ1n) is 4.88. The van der Waals surface area contributed by atoms with Crippen LogP contribution >= 0.6 is 0 Å². The van der Waals surface area contributed by atoms with Crippen molar-refractivity contribution in [1.82, 2.24) is 0 Å². The number of phenolic OH excluding ortho intramolecular Hbond substituents is 1. The number of phenols is 1. The van der Waals surface area contributed by atoms with Crippen LogP contribution in [0, 0.1) is 0 Å². The smallest absolute Gasteiger partial charge is 0.179 e. The van der Waals surface area contributed by atoms with Crippen molar-refractivity contribution >= 4 is 9.84 Å². The minimum atomic E-state index is -3.40. The minimum absolute atomic E-state index is 0.0110. The molecule has 0 unspecified atom stereocenters. The number of rotatable bonds is 3. The van der Waals surface area contributed by atoms with Gasteiger partial charge in [0, 0.05) is 17.9 Å². The van der Waals surface area contributed by atoms with E-state index in [9.17, 15) is 13.5 Å². The molecule has 0 radical (unpaired) electrons. The minimum Gasteiger partial charge on any atom is -0.508 e. The van der Waals surface area contributed by atoms with Gasteiger partial charge in [0.15, 0.2) is 9.84 Å². The molecule has 0 atom stereocenters. The fraction of sp³-hybridized carbons (Fsp3) is 0.455. The van der Waals surface area contributed by atoms with Crippen molar-refractivity contribution in [2.75, 3.05) is 13.4 Å². The van der Waals surface area contributed by atoms with Gasteiger partial charge in [-0.25, -0.2) is 8.42 Å². The Kier molecular flexibility index (Phi) is 3.48. The highest BCUT2D eigenvalue weighted by Crippen LogP contribution is 2.34. The van der Waals surface area contributed by atoms with Crippen LogP contribution in [-0.4, -0.2) is 26.9 Å². The Labute approximate surface area is 95.8 Å². The molecule has 1 rings (SSSR count). The largest absolute Gasteiger partial charge is 0.508 e. The molecule has 0 aromatic heterocycles. The highest BCUT2D eigenvalue weighted by atomic mass is 32.2. The van der Waals surface area contributed by atoms with Crippen LogP contribution in [0.15, 0.2) is 17.0 Å². The van der Waals surface area contributed by atoms with E-state index in [4.69, 9.17) is 4.74 Å². The van der Waals surface area contributed by atoms with Crippen molar-refractivity contribution in [2.45, 2.75) is 24.7 Å². The third-order valence-corrected chi connectivity index (χ3v) is 3.45. The molecule has 0 bridgehead atoms. The zero-order valence-corrected chi connectivity index (χ0v) is 10.6. The topological polar surface area (TPSA) is 63.6 Å². The molecule has 4 nitrogen and oxygen atoms in total. The Hall–Kier alpha value is -1.23. The molecule has 0 saturated carbocycles. The van der Waals surface area contributed by atoms with E-state index in [2.05, 4.69) is 0 Å². The average Bonchev–Trinajstić information content (AvgIpc) is 2.15. The summed E-state index contributed by atoms with van der Waals surface area (Å²) < 4.78 is 27.9. The standard InChI is InChI=1S/C11H16O4S/c1-7(2)8-5-10(15-3)11(6-9(8)12)16(4,13)14/h5-7,12H,1-4H3. The van der Waals surface area contributed by atoms with Crippen LogP contribution in [0.1, 0.15) is 25.3 Å². The fourth-order valence-corrected chi connectivity index (χ4v) is 2.31. The molecule has 90 valence electrons. The van der Waals surface area contributed by atoms with Crippen LogP contribution in [0.25, 0.3) is 0 Å². The lowest BCUT2D eigenvalue weighted by molar-refractivity contribution is 0.397. The van der Waals surface area contributed by atoms with Crippen molar-refractivity contribution in [1.29, 1.82) is 0 Å². The Balaban J connectivity index is 3.51. The lowest BCUT2D eigenvalue weighted by Gasteiger charge is -2.13. The third kappa shape index (κ3) is 2.47. The van der Waals surface area contributed by atoms with Gasteiger partial charge in [-0.05, 0) is 12.0 Å². The van der Waals surface area contributed by atoms with Gasteiger partial charge in [0.25, 0.3) is 0 Å². The maximum absolute atomic E-state index is 11.5. The van der Waals surface area contributed by atoms with Gasteiger partial charge in [0.1, 0.15) is 16.4 Å². The predicted octanol–water partition coefficient (Wildman–Crippen LogP) is 1.93. The second kappa shape index (κ2) is 4.33. The van der Waals surface area contributed by atoms with E-state index in [1.54, 1.807) is 6.07 Å². The number of hydrogen-bond acceptors (Lipinski definition) is 4. The summed E-state index contributed by atoms with van der Waals surface area (Å²) in [5.74, 6) is 0.350. The highest BCUT2D eigenvalue weighted by Gasteiger charge is 2.18. The number of methoxy groups -OCH3 is 1. The lowest BCUT2D eigenvalue weighted by Crippen LogP contribution is -2.02. The molecular weight excluding hydrogens is 228 g/mol. The highest BCUT2D eigenvalue weighted by molar-refractivity contribution is 7.90. The van der Waals surface area contributed by atoms with Gasteiger partial charge in [-0.15, -0.1) is 0 Å². The van der Waals surface area contributed by atoms with Gasteiger partial charge in [0.2, 0.25) is 0 Å². The Morgan fingerprint density at radius 2 is 1.88 bits per heavy atom. The van der Waals surface area contributed by atoms with E-state index in [0.29, 0.717) is 5.56 Å². The number of hydrogen-bond donors (Lipinski definition) is 1. The molecule has 5 heteroatoms. The number of sulfone groups is 1. The first-order valence-corrected chi connectivity index (χ1v) is 6.77. The molecule has 1 aromatic carbocycles. The zero-order valence-electron chi connectivity index (χ0n) is 9.81. The quantitative estimate of drug-likeness (QED) is 0.882. The van der Waals surface area contributed by atoms with Gasteiger partial charge < -0.3 is 9.84 Å². The molecule has 16 heavy (non-hydrogen) atoms. The molecule has 0 aliphatic carbocycles. The van der Waals surface area contributed by atoms with Gasteiger partial charge in [-0.1, -0.05) is 13.8 Å². The number of ether oxygens (including phenoxy) is 1. The molecule has 0 aliphatic heterocycles. The van der Waals surface area contributed by atoms with E-state index in [1.807, 2.05) is 13.8 Å². The summed E-state index contributed by atoms with van der Waals surface area (Å²) in [6.07, 6.45) is 1.08. The molecule has 0 amide bonds. The van der Waals surface area contributed by atoms with E-state index in [0.717, 1.165) is 6.26 Å². The predicted molar refractivity (Wildman–Crippen MR) is 61.9 cm³/mol. The van der Waals surface area contributed by atoms with E-state index in [1.165, 1.54) is 13.2 Å². The lowest BCUT2D eigenvalue weighted by atomic mass is 10.0. The summed E-state index contributed by atoms with van der Waals surface area (Å²) >= 11 is 0. The normalized spacial score (nSPS) is 11.8. The summed E-state index contributed by atoms with van der Waals surface area (Å²) in [6, 6.07) is 2.81. The first kappa shape index (κ1) is 12.8. The Bertz CT molecular complexity index is 489. The molecule has 1 N–H and O–H groups in total. The molecule has 0 fully saturated rings. The van der Waals surface area contributed by atoms with Crippen molar-refractivity contribution in [3.8, 4) is 11.5 Å².